The highest BCUT2D eigenvalue weighted by Crippen LogP contribution is 2.24. The highest BCUT2D eigenvalue weighted by Gasteiger charge is 2.26. The van der Waals surface area contributed by atoms with E-state index < -0.39 is 6.04 Å². The predicted molar refractivity (Wildman–Crippen MR) is 133 cm³/mol. The first-order valence-corrected chi connectivity index (χ1v) is 11.8. The topological polar surface area (TPSA) is 64.4 Å². The van der Waals surface area contributed by atoms with Crippen LogP contribution >= 0.6 is 0 Å². The molecular weight excluding hydrogens is 414 g/mol. The van der Waals surface area contributed by atoms with Gasteiger partial charge in [-0.15, -0.1) is 0 Å². The molecule has 1 amide bonds. The first kappa shape index (κ1) is 24.6. The number of aromatic nitrogens is 2. The molecule has 2 aromatic carbocycles. The SMILES string of the molecule is CCCCCCC(=O)N(CCOC)C(C)c1nc2ccccc2c(=O)n1-c1cccc(C)c1. The van der Waals surface area contributed by atoms with Gasteiger partial charge in [-0.3, -0.25) is 14.2 Å². The van der Waals surface area contributed by atoms with Crippen LogP contribution in [0.2, 0.25) is 0 Å². The van der Waals surface area contributed by atoms with Crippen LogP contribution < -0.4 is 5.56 Å². The van der Waals surface area contributed by atoms with Gasteiger partial charge in [0.1, 0.15) is 5.82 Å². The minimum Gasteiger partial charge on any atom is -0.383 e. The van der Waals surface area contributed by atoms with Gasteiger partial charge in [0, 0.05) is 20.1 Å². The van der Waals surface area contributed by atoms with Gasteiger partial charge in [-0.05, 0) is 50.1 Å². The van der Waals surface area contributed by atoms with E-state index in [0.717, 1.165) is 36.9 Å². The lowest BCUT2D eigenvalue weighted by atomic mass is 10.1. The second kappa shape index (κ2) is 11.8. The van der Waals surface area contributed by atoms with Crippen LogP contribution in [0.1, 0.15) is 63.4 Å². The maximum Gasteiger partial charge on any atom is 0.266 e. The number of aryl methyl sites for hydroxylation is 1. The molecular formula is C27H35N3O3. The summed E-state index contributed by atoms with van der Waals surface area (Å²) in [6.07, 6.45) is 4.63. The summed E-state index contributed by atoms with van der Waals surface area (Å²) in [7, 11) is 1.63. The lowest BCUT2D eigenvalue weighted by Gasteiger charge is -2.30. The Morgan fingerprint density at radius 3 is 2.64 bits per heavy atom. The van der Waals surface area contributed by atoms with Crippen LogP contribution in [0.3, 0.4) is 0 Å². The average molecular weight is 450 g/mol. The summed E-state index contributed by atoms with van der Waals surface area (Å²) in [5, 5.41) is 0.560. The summed E-state index contributed by atoms with van der Waals surface area (Å²) in [5.74, 6) is 0.621. The number of amides is 1. The number of carbonyl (C=O) groups is 1. The third kappa shape index (κ3) is 5.88. The molecule has 0 spiro atoms. The predicted octanol–water partition coefficient (Wildman–Crippen LogP) is 5.20. The summed E-state index contributed by atoms with van der Waals surface area (Å²) in [5.41, 5.74) is 2.31. The number of unbranched alkanes of at least 4 members (excludes halogenated alkanes) is 3. The molecule has 3 rings (SSSR count). The largest absolute Gasteiger partial charge is 0.383 e. The molecule has 1 unspecified atom stereocenters. The smallest absolute Gasteiger partial charge is 0.266 e. The standard InChI is InChI=1S/C27H35N3O3/c1-5-6-7-8-16-25(31)29(17-18-33-4)21(3)26-28-24-15-10-9-14-23(24)27(32)30(26)22-13-11-12-20(2)19-22/h9-15,19,21H,5-8,16-18H2,1-4H3. The Balaban J connectivity index is 2.09. The molecule has 0 aliphatic heterocycles. The van der Waals surface area contributed by atoms with E-state index in [1.165, 1.54) is 0 Å². The maximum atomic E-state index is 13.6. The molecule has 1 heterocycles. The maximum absolute atomic E-state index is 13.6. The van der Waals surface area contributed by atoms with Crippen molar-refractivity contribution < 1.29 is 9.53 Å². The fourth-order valence-electron chi connectivity index (χ4n) is 4.16. The van der Waals surface area contributed by atoms with Crippen molar-refractivity contribution in [3.05, 3.63) is 70.3 Å². The van der Waals surface area contributed by atoms with Crippen LogP contribution in [0.5, 0.6) is 0 Å². The van der Waals surface area contributed by atoms with Gasteiger partial charge in [-0.2, -0.15) is 0 Å². The first-order valence-electron chi connectivity index (χ1n) is 11.8. The van der Waals surface area contributed by atoms with Gasteiger partial charge in [-0.1, -0.05) is 50.5 Å². The minimum absolute atomic E-state index is 0.0638. The zero-order valence-electron chi connectivity index (χ0n) is 20.2. The Morgan fingerprint density at radius 1 is 1.12 bits per heavy atom. The number of methoxy groups -OCH3 is 1. The van der Waals surface area contributed by atoms with Crippen LogP contribution in [0.4, 0.5) is 0 Å². The number of benzene rings is 2. The Morgan fingerprint density at radius 2 is 1.91 bits per heavy atom. The van der Waals surface area contributed by atoms with Crippen molar-refractivity contribution in [3.8, 4) is 5.69 Å². The van der Waals surface area contributed by atoms with Crippen molar-refractivity contribution in [2.75, 3.05) is 20.3 Å². The molecule has 3 aromatic rings. The molecule has 0 N–H and O–H groups in total. The van der Waals surface area contributed by atoms with Crippen molar-refractivity contribution >= 4 is 16.8 Å². The first-order chi connectivity index (χ1) is 16.0. The molecule has 6 heteroatoms. The number of para-hydroxylation sites is 1. The fourth-order valence-corrected chi connectivity index (χ4v) is 4.16. The van der Waals surface area contributed by atoms with Crippen molar-refractivity contribution in [1.82, 2.24) is 14.5 Å². The normalized spacial score (nSPS) is 12.1. The summed E-state index contributed by atoms with van der Waals surface area (Å²) in [6, 6.07) is 14.8. The quantitative estimate of drug-likeness (QED) is 0.378. The fraction of sp³-hybridized carbons (Fsp3) is 0.444. The zero-order valence-corrected chi connectivity index (χ0v) is 20.2. The van der Waals surface area contributed by atoms with Gasteiger partial charge < -0.3 is 9.64 Å². The van der Waals surface area contributed by atoms with E-state index in [9.17, 15) is 9.59 Å². The Bertz CT molecular complexity index is 1140. The van der Waals surface area contributed by atoms with Crippen LogP contribution in [0, 0.1) is 6.92 Å². The van der Waals surface area contributed by atoms with E-state index in [1.807, 2.05) is 56.3 Å². The third-order valence-corrected chi connectivity index (χ3v) is 6.00. The third-order valence-electron chi connectivity index (χ3n) is 6.00. The van der Waals surface area contributed by atoms with E-state index >= 15 is 0 Å². The molecule has 0 aliphatic carbocycles. The van der Waals surface area contributed by atoms with E-state index in [2.05, 4.69) is 6.92 Å². The summed E-state index contributed by atoms with van der Waals surface area (Å²) < 4.78 is 6.95. The van der Waals surface area contributed by atoms with Gasteiger partial charge in [0.25, 0.3) is 5.56 Å². The molecule has 0 aliphatic rings. The monoisotopic (exact) mass is 449 g/mol. The second-order valence-electron chi connectivity index (χ2n) is 8.53. The lowest BCUT2D eigenvalue weighted by molar-refractivity contribution is -0.134. The minimum atomic E-state index is -0.392. The lowest BCUT2D eigenvalue weighted by Crippen LogP contribution is -2.39. The van der Waals surface area contributed by atoms with Gasteiger partial charge in [0.15, 0.2) is 0 Å². The number of rotatable bonds is 11. The summed E-state index contributed by atoms with van der Waals surface area (Å²) in [4.78, 5) is 33.5. The van der Waals surface area contributed by atoms with Crippen molar-refractivity contribution in [2.24, 2.45) is 0 Å². The highest BCUT2D eigenvalue weighted by atomic mass is 16.5. The number of ether oxygens (including phenoxy) is 1. The van der Waals surface area contributed by atoms with Crippen molar-refractivity contribution in [2.45, 2.75) is 58.9 Å². The number of fused-ring (bicyclic) bond motifs is 1. The Kier molecular flexibility index (Phi) is 8.78. The summed E-state index contributed by atoms with van der Waals surface area (Å²) in [6.45, 7) is 6.97. The number of hydrogen-bond donors (Lipinski definition) is 0. The number of nitrogens with zero attached hydrogens (tertiary/aromatic N) is 3. The Hall–Kier alpha value is -2.99. The van der Waals surface area contributed by atoms with Gasteiger partial charge in [0.05, 0.1) is 29.2 Å². The Labute approximate surface area is 196 Å². The van der Waals surface area contributed by atoms with Crippen LogP contribution in [0.25, 0.3) is 16.6 Å². The van der Waals surface area contributed by atoms with E-state index in [-0.39, 0.29) is 11.5 Å². The van der Waals surface area contributed by atoms with Crippen molar-refractivity contribution in [1.29, 1.82) is 0 Å². The highest BCUT2D eigenvalue weighted by molar-refractivity contribution is 5.79. The van der Waals surface area contributed by atoms with Crippen LogP contribution in [-0.2, 0) is 9.53 Å². The number of hydrogen-bond acceptors (Lipinski definition) is 4. The second-order valence-corrected chi connectivity index (χ2v) is 8.53. The average Bonchev–Trinajstić information content (AvgIpc) is 2.82. The van der Waals surface area contributed by atoms with Gasteiger partial charge >= 0.3 is 0 Å². The zero-order chi connectivity index (χ0) is 23.8. The molecule has 0 bridgehead atoms. The molecule has 33 heavy (non-hydrogen) atoms. The van der Waals surface area contributed by atoms with Gasteiger partial charge in [0.2, 0.25) is 5.91 Å². The van der Waals surface area contributed by atoms with Crippen LogP contribution in [-0.4, -0.2) is 40.6 Å². The number of carbonyl (C=O) groups excluding carboxylic acids is 1. The molecule has 0 fully saturated rings. The van der Waals surface area contributed by atoms with Gasteiger partial charge in [-0.25, -0.2) is 4.98 Å². The molecule has 0 radical (unpaired) electrons. The molecule has 176 valence electrons. The molecule has 0 saturated heterocycles. The van der Waals surface area contributed by atoms with E-state index in [4.69, 9.17) is 9.72 Å². The molecule has 0 saturated carbocycles. The van der Waals surface area contributed by atoms with Crippen LogP contribution in [0.15, 0.2) is 53.3 Å². The van der Waals surface area contributed by atoms with E-state index in [1.54, 1.807) is 22.6 Å². The molecule has 6 nitrogen and oxygen atoms in total. The van der Waals surface area contributed by atoms with E-state index in [0.29, 0.717) is 36.3 Å². The van der Waals surface area contributed by atoms with Crippen molar-refractivity contribution in [3.63, 3.8) is 0 Å². The molecule has 1 aromatic heterocycles. The molecule has 1 atom stereocenters. The summed E-state index contributed by atoms with van der Waals surface area (Å²) >= 11 is 0.